The van der Waals surface area contributed by atoms with Crippen molar-refractivity contribution in [3.05, 3.63) is 34.3 Å². The largest absolute Gasteiger partial charge is 0.374 e. The first kappa shape index (κ1) is 15.5. The summed E-state index contributed by atoms with van der Waals surface area (Å²) < 4.78 is 5.86. The van der Waals surface area contributed by atoms with E-state index >= 15 is 0 Å². The van der Waals surface area contributed by atoms with Crippen LogP contribution in [0.15, 0.2) is 18.2 Å². The van der Waals surface area contributed by atoms with Crippen molar-refractivity contribution in [3.8, 4) is 0 Å². The summed E-state index contributed by atoms with van der Waals surface area (Å²) in [4.78, 5) is 0. The van der Waals surface area contributed by atoms with Gasteiger partial charge in [0.15, 0.2) is 0 Å². The molecule has 102 valence electrons. The zero-order valence-electron chi connectivity index (χ0n) is 12.0. The van der Waals surface area contributed by atoms with E-state index in [1.807, 2.05) is 13.0 Å². The number of nitrogens with one attached hydrogen (secondary N) is 1. The van der Waals surface area contributed by atoms with Crippen LogP contribution in [0.3, 0.4) is 0 Å². The number of halogens is 1. The Hall–Kier alpha value is -0.570. The quantitative estimate of drug-likeness (QED) is 0.868. The summed E-state index contributed by atoms with van der Waals surface area (Å²) in [6.07, 6.45) is 0. The van der Waals surface area contributed by atoms with Crippen molar-refractivity contribution < 1.29 is 4.74 Å². The van der Waals surface area contributed by atoms with Crippen LogP contribution in [-0.2, 0) is 4.74 Å². The smallest absolute Gasteiger partial charge is 0.0668 e. The summed E-state index contributed by atoms with van der Waals surface area (Å²) in [5.41, 5.74) is 2.16. The highest BCUT2D eigenvalue weighted by Gasteiger charge is 2.16. The molecule has 2 nitrogen and oxygen atoms in total. The molecule has 0 fully saturated rings. The third-order valence-electron chi connectivity index (χ3n) is 2.73. The fraction of sp³-hybridized carbons (Fsp3) is 0.600. The molecule has 0 heterocycles. The zero-order chi connectivity index (χ0) is 13.8. The Bertz CT molecular complexity index is 385. The molecule has 1 aromatic carbocycles. The van der Waals surface area contributed by atoms with Crippen LogP contribution >= 0.6 is 11.6 Å². The summed E-state index contributed by atoms with van der Waals surface area (Å²) in [5.74, 6) is 0. The van der Waals surface area contributed by atoms with E-state index < -0.39 is 0 Å². The second-order valence-corrected chi connectivity index (χ2v) is 5.95. The Labute approximate surface area is 116 Å². The lowest BCUT2D eigenvalue weighted by Crippen LogP contribution is -2.30. The summed E-state index contributed by atoms with van der Waals surface area (Å²) in [5, 5.41) is 4.25. The Morgan fingerprint density at radius 3 is 2.50 bits per heavy atom. The number of ether oxygens (including phenoxy) is 1. The maximum Gasteiger partial charge on any atom is 0.0668 e. The number of benzene rings is 1. The van der Waals surface area contributed by atoms with Crippen LogP contribution in [0, 0.1) is 6.92 Å². The second kappa shape index (κ2) is 6.55. The standard InChI is InChI=1S/C15H24ClNO/c1-6-17-14(10-18-15(3,4)5)12-8-7-11(2)13(16)9-12/h7-9,14,17H,6,10H2,1-5H3. The van der Waals surface area contributed by atoms with Gasteiger partial charge in [-0.15, -0.1) is 0 Å². The van der Waals surface area contributed by atoms with Crippen molar-refractivity contribution in [2.75, 3.05) is 13.2 Å². The first-order chi connectivity index (χ1) is 8.33. The molecular formula is C15H24ClNO. The summed E-state index contributed by atoms with van der Waals surface area (Å²) in [6, 6.07) is 6.38. The molecule has 0 radical (unpaired) electrons. The zero-order valence-corrected chi connectivity index (χ0v) is 12.8. The van der Waals surface area contributed by atoms with Gasteiger partial charge in [0.25, 0.3) is 0 Å². The number of aryl methyl sites for hydroxylation is 1. The predicted molar refractivity (Wildman–Crippen MR) is 78.3 cm³/mol. The Balaban J connectivity index is 2.80. The van der Waals surface area contributed by atoms with Gasteiger partial charge in [-0.2, -0.15) is 0 Å². The number of hydrogen-bond acceptors (Lipinski definition) is 2. The monoisotopic (exact) mass is 269 g/mol. The van der Waals surface area contributed by atoms with E-state index in [0.717, 1.165) is 17.1 Å². The van der Waals surface area contributed by atoms with E-state index in [4.69, 9.17) is 16.3 Å². The van der Waals surface area contributed by atoms with Crippen LogP contribution in [0.1, 0.15) is 44.9 Å². The molecular weight excluding hydrogens is 246 g/mol. The van der Waals surface area contributed by atoms with Crippen LogP contribution in [0.4, 0.5) is 0 Å². The lowest BCUT2D eigenvalue weighted by Gasteiger charge is -2.25. The fourth-order valence-corrected chi connectivity index (χ4v) is 1.87. The molecule has 3 heteroatoms. The third kappa shape index (κ3) is 4.97. The second-order valence-electron chi connectivity index (χ2n) is 5.54. The highest BCUT2D eigenvalue weighted by molar-refractivity contribution is 6.31. The van der Waals surface area contributed by atoms with E-state index in [9.17, 15) is 0 Å². The number of likely N-dealkylation sites (N-methyl/N-ethyl adjacent to an activating group) is 1. The molecule has 0 amide bonds. The average molecular weight is 270 g/mol. The molecule has 0 aliphatic carbocycles. The van der Waals surface area contributed by atoms with Crippen molar-refractivity contribution in [2.45, 2.75) is 46.3 Å². The first-order valence-corrected chi connectivity index (χ1v) is 6.84. The molecule has 0 aliphatic rings. The van der Waals surface area contributed by atoms with E-state index in [-0.39, 0.29) is 11.6 Å². The molecule has 0 spiro atoms. The highest BCUT2D eigenvalue weighted by atomic mass is 35.5. The van der Waals surface area contributed by atoms with Crippen LogP contribution in [0.2, 0.25) is 5.02 Å². The van der Waals surface area contributed by atoms with Crippen molar-refractivity contribution in [2.24, 2.45) is 0 Å². The maximum atomic E-state index is 6.18. The SMILES string of the molecule is CCNC(COC(C)(C)C)c1ccc(C)c(Cl)c1. The normalized spacial score (nSPS) is 13.7. The number of hydrogen-bond donors (Lipinski definition) is 1. The van der Waals surface area contributed by atoms with Crippen LogP contribution in [0.5, 0.6) is 0 Å². The fourth-order valence-electron chi connectivity index (χ4n) is 1.68. The summed E-state index contributed by atoms with van der Waals surface area (Å²) in [7, 11) is 0. The summed E-state index contributed by atoms with van der Waals surface area (Å²) >= 11 is 6.18. The van der Waals surface area contributed by atoms with E-state index in [1.165, 1.54) is 5.56 Å². The van der Waals surface area contributed by atoms with Crippen LogP contribution in [-0.4, -0.2) is 18.8 Å². The highest BCUT2D eigenvalue weighted by Crippen LogP contribution is 2.23. The molecule has 1 aromatic rings. The van der Waals surface area contributed by atoms with Crippen molar-refractivity contribution in [1.29, 1.82) is 0 Å². The molecule has 0 saturated heterocycles. The molecule has 0 saturated carbocycles. The van der Waals surface area contributed by atoms with Gasteiger partial charge in [-0.1, -0.05) is 30.7 Å². The lowest BCUT2D eigenvalue weighted by molar-refractivity contribution is -0.0146. The number of rotatable bonds is 5. The first-order valence-electron chi connectivity index (χ1n) is 6.47. The average Bonchev–Trinajstić information content (AvgIpc) is 2.27. The Kier molecular flexibility index (Phi) is 5.64. The van der Waals surface area contributed by atoms with Gasteiger partial charge < -0.3 is 10.1 Å². The van der Waals surface area contributed by atoms with Crippen molar-refractivity contribution in [1.82, 2.24) is 5.32 Å². The topological polar surface area (TPSA) is 21.3 Å². The minimum Gasteiger partial charge on any atom is -0.374 e. The minimum atomic E-state index is -0.123. The van der Waals surface area contributed by atoms with Gasteiger partial charge in [0.1, 0.15) is 0 Å². The van der Waals surface area contributed by atoms with Gasteiger partial charge in [0, 0.05) is 5.02 Å². The summed E-state index contributed by atoms with van der Waals surface area (Å²) in [6.45, 7) is 11.9. The minimum absolute atomic E-state index is 0.123. The molecule has 1 N–H and O–H groups in total. The van der Waals surface area contributed by atoms with Crippen molar-refractivity contribution >= 4 is 11.6 Å². The maximum absolute atomic E-state index is 6.18. The van der Waals surface area contributed by atoms with Gasteiger partial charge in [0.2, 0.25) is 0 Å². The van der Waals surface area contributed by atoms with E-state index in [2.05, 4.69) is 45.1 Å². The third-order valence-corrected chi connectivity index (χ3v) is 3.14. The lowest BCUT2D eigenvalue weighted by atomic mass is 10.1. The predicted octanol–water partition coefficient (Wildman–Crippen LogP) is 4.11. The molecule has 0 aromatic heterocycles. The van der Waals surface area contributed by atoms with E-state index in [0.29, 0.717) is 6.61 Å². The van der Waals surface area contributed by atoms with E-state index in [1.54, 1.807) is 0 Å². The van der Waals surface area contributed by atoms with Crippen molar-refractivity contribution in [3.63, 3.8) is 0 Å². The van der Waals surface area contributed by atoms with Gasteiger partial charge in [0.05, 0.1) is 18.2 Å². The van der Waals surface area contributed by atoms with Crippen LogP contribution in [0.25, 0.3) is 0 Å². The molecule has 0 aliphatic heterocycles. The van der Waals surface area contributed by atoms with Gasteiger partial charge in [-0.05, 0) is 51.4 Å². The van der Waals surface area contributed by atoms with Gasteiger partial charge in [-0.25, -0.2) is 0 Å². The molecule has 0 bridgehead atoms. The Morgan fingerprint density at radius 1 is 1.33 bits per heavy atom. The molecule has 18 heavy (non-hydrogen) atoms. The molecule has 1 unspecified atom stereocenters. The molecule has 1 atom stereocenters. The molecule has 1 rings (SSSR count). The van der Waals surface area contributed by atoms with Gasteiger partial charge >= 0.3 is 0 Å². The Morgan fingerprint density at radius 2 is 2.00 bits per heavy atom. The van der Waals surface area contributed by atoms with Crippen LogP contribution < -0.4 is 5.32 Å². The van der Waals surface area contributed by atoms with Gasteiger partial charge in [-0.3, -0.25) is 0 Å².